The number of nitrogens with one attached hydrogen (secondary N) is 1. The summed E-state index contributed by atoms with van der Waals surface area (Å²) >= 11 is 0. The topological polar surface area (TPSA) is 36.2 Å². The van der Waals surface area contributed by atoms with Gasteiger partial charge in [0.25, 0.3) is 0 Å². The molecule has 0 bridgehead atoms. The molecule has 17 heavy (non-hydrogen) atoms. The van der Waals surface area contributed by atoms with Gasteiger partial charge in [0.05, 0.1) is 11.4 Å². The molecule has 1 N–H and O–H groups in total. The lowest BCUT2D eigenvalue weighted by Crippen LogP contribution is -2.06. The molecule has 0 atom stereocenters. The maximum atomic E-state index is 7.60. The predicted octanol–water partition coefficient (Wildman–Crippen LogP) is 3.90. The normalized spacial score (nSPS) is 13.9. The summed E-state index contributed by atoms with van der Waals surface area (Å²) in [5.74, 6) is 0. The summed E-state index contributed by atoms with van der Waals surface area (Å²) in [5, 5.41) is 7.60. The van der Waals surface area contributed by atoms with Gasteiger partial charge in [0.15, 0.2) is 0 Å². The third kappa shape index (κ3) is 5.07. The first-order chi connectivity index (χ1) is 8.10. The maximum absolute atomic E-state index is 7.60. The van der Waals surface area contributed by atoms with Gasteiger partial charge in [-0.15, -0.1) is 0 Å². The molecular weight excluding hydrogens is 208 g/mol. The van der Waals surface area contributed by atoms with Gasteiger partial charge in [0.1, 0.15) is 0 Å². The Morgan fingerprint density at radius 3 is 2.24 bits per heavy atom. The van der Waals surface area contributed by atoms with Crippen LogP contribution in [-0.2, 0) is 0 Å². The second-order valence-electron chi connectivity index (χ2n) is 3.40. The van der Waals surface area contributed by atoms with Crippen LogP contribution >= 0.6 is 0 Å². The summed E-state index contributed by atoms with van der Waals surface area (Å²) in [5.41, 5.74) is 3.01. The first kappa shape index (κ1) is 15.0. The van der Waals surface area contributed by atoms with Gasteiger partial charge in [-0.25, -0.2) is 0 Å². The van der Waals surface area contributed by atoms with Crippen molar-refractivity contribution in [2.24, 2.45) is 4.99 Å². The molecule has 0 aliphatic heterocycles. The van der Waals surface area contributed by atoms with Crippen molar-refractivity contribution in [3.8, 4) is 0 Å². The van der Waals surface area contributed by atoms with Crippen molar-refractivity contribution in [3.63, 3.8) is 0 Å². The molecule has 0 saturated carbocycles. The smallest absolute Gasteiger partial charge is 0.0781 e. The number of allylic oxidation sites excluding steroid dienone is 8. The first-order valence-corrected chi connectivity index (χ1v) is 5.42. The van der Waals surface area contributed by atoms with Gasteiger partial charge in [-0.2, -0.15) is 0 Å². The molecular formula is C15H20N2. The third-order valence-electron chi connectivity index (χ3n) is 2.11. The number of hydrogen-bond donors (Lipinski definition) is 1. The van der Waals surface area contributed by atoms with Crippen molar-refractivity contribution in [1.82, 2.24) is 0 Å². The summed E-state index contributed by atoms with van der Waals surface area (Å²) in [6.45, 7) is 11.1. The molecule has 0 aliphatic rings. The summed E-state index contributed by atoms with van der Waals surface area (Å²) in [6.07, 6.45) is 11.2. The van der Waals surface area contributed by atoms with Crippen LogP contribution in [-0.4, -0.2) is 18.5 Å². The Labute approximate surface area is 104 Å². The second-order valence-corrected chi connectivity index (χ2v) is 3.40. The summed E-state index contributed by atoms with van der Waals surface area (Å²) in [7, 11) is 1.68. The fourth-order valence-electron chi connectivity index (χ4n) is 1.30. The van der Waals surface area contributed by atoms with Crippen LogP contribution in [0.1, 0.15) is 13.8 Å². The van der Waals surface area contributed by atoms with Gasteiger partial charge in [-0.3, -0.25) is 4.99 Å². The first-order valence-electron chi connectivity index (χ1n) is 5.42. The highest BCUT2D eigenvalue weighted by atomic mass is 14.7. The Hall–Kier alpha value is -1.96. The average Bonchev–Trinajstić information content (AvgIpc) is 2.30. The molecule has 0 aliphatic carbocycles. The van der Waals surface area contributed by atoms with Crippen molar-refractivity contribution >= 4 is 11.4 Å². The van der Waals surface area contributed by atoms with Crippen molar-refractivity contribution < 1.29 is 0 Å². The van der Waals surface area contributed by atoms with E-state index in [9.17, 15) is 0 Å². The Morgan fingerprint density at radius 1 is 1.24 bits per heavy atom. The quantitative estimate of drug-likeness (QED) is 0.529. The Balaban J connectivity index is 5.52. The number of hydrogen-bond acceptors (Lipinski definition) is 2. The lowest BCUT2D eigenvalue weighted by Gasteiger charge is -2.04. The molecule has 0 unspecified atom stereocenters. The maximum Gasteiger partial charge on any atom is 0.0781 e. The molecule has 0 saturated heterocycles. The number of nitrogens with zero attached hydrogens (tertiary/aromatic N) is 1. The third-order valence-corrected chi connectivity index (χ3v) is 2.11. The zero-order valence-electron chi connectivity index (χ0n) is 10.8. The molecule has 0 aromatic rings. The van der Waals surface area contributed by atoms with E-state index in [0.717, 1.165) is 11.1 Å². The van der Waals surface area contributed by atoms with Crippen molar-refractivity contribution in [3.05, 3.63) is 60.8 Å². The molecule has 0 fully saturated rings. The number of aliphatic imine (C=N–C) groups is 1. The van der Waals surface area contributed by atoms with Crippen LogP contribution in [0.5, 0.6) is 0 Å². The van der Waals surface area contributed by atoms with Crippen LogP contribution in [0.4, 0.5) is 0 Å². The SMILES string of the molecule is C=C/C=C(\C=C/C)C(/C=C)=C/C(=NC)C(C)=N. The average molecular weight is 228 g/mol. The highest BCUT2D eigenvalue weighted by Crippen LogP contribution is 2.13. The van der Waals surface area contributed by atoms with Crippen LogP contribution < -0.4 is 0 Å². The van der Waals surface area contributed by atoms with E-state index < -0.39 is 0 Å². The molecule has 0 heterocycles. The van der Waals surface area contributed by atoms with Crippen LogP contribution in [0.25, 0.3) is 0 Å². The zero-order chi connectivity index (χ0) is 13.3. The van der Waals surface area contributed by atoms with Crippen molar-refractivity contribution in [2.45, 2.75) is 13.8 Å². The summed E-state index contributed by atoms with van der Waals surface area (Å²) in [6, 6.07) is 0. The fraction of sp³-hybridized carbons (Fsp3) is 0.200. The highest BCUT2D eigenvalue weighted by molar-refractivity contribution is 6.44. The monoisotopic (exact) mass is 228 g/mol. The molecule has 0 amide bonds. The standard InChI is InChI=1S/C15H20N2/c1-6-9-14(10-7-2)13(8-3)11-15(17-5)12(4)16/h6-11,16H,1,3H2,2,4-5H3/b10-7-,13-11+,14-9+,16-12?,17-15?. The lowest BCUT2D eigenvalue weighted by atomic mass is 10.0. The summed E-state index contributed by atoms with van der Waals surface area (Å²) in [4.78, 5) is 4.07. The summed E-state index contributed by atoms with van der Waals surface area (Å²) < 4.78 is 0. The van der Waals surface area contributed by atoms with Crippen LogP contribution in [0.3, 0.4) is 0 Å². The van der Waals surface area contributed by atoms with E-state index >= 15 is 0 Å². The minimum atomic E-state index is 0.435. The predicted molar refractivity (Wildman–Crippen MR) is 78.1 cm³/mol. The van der Waals surface area contributed by atoms with Gasteiger partial charge in [-0.1, -0.05) is 43.5 Å². The van der Waals surface area contributed by atoms with E-state index in [1.165, 1.54) is 0 Å². The van der Waals surface area contributed by atoms with E-state index in [1.807, 2.05) is 31.2 Å². The minimum absolute atomic E-state index is 0.435. The van der Waals surface area contributed by atoms with Crippen molar-refractivity contribution in [2.75, 3.05) is 7.05 Å². The van der Waals surface area contributed by atoms with Gasteiger partial charge >= 0.3 is 0 Å². The largest absolute Gasteiger partial charge is 0.303 e. The van der Waals surface area contributed by atoms with Crippen LogP contribution in [0, 0.1) is 5.41 Å². The van der Waals surface area contributed by atoms with Gasteiger partial charge in [0.2, 0.25) is 0 Å². The molecule has 0 rings (SSSR count). The lowest BCUT2D eigenvalue weighted by molar-refractivity contribution is 1.42. The molecule has 0 aromatic carbocycles. The van der Waals surface area contributed by atoms with E-state index in [1.54, 1.807) is 26.1 Å². The van der Waals surface area contributed by atoms with Gasteiger partial charge < -0.3 is 5.41 Å². The fourth-order valence-corrected chi connectivity index (χ4v) is 1.30. The Morgan fingerprint density at radius 2 is 1.88 bits per heavy atom. The molecule has 0 spiro atoms. The van der Waals surface area contributed by atoms with E-state index in [2.05, 4.69) is 18.2 Å². The molecule has 2 heteroatoms. The van der Waals surface area contributed by atoms with E-state index in [-0.39, 0.29) is 0 Å². The second kappa shape index (κ2) is 8.22. The highest BCUT2D eigenvalue weighted by Gasteiger charge is 2.02. The van der Waals surface area contributed by atoms with Crippen molar-refractivity contribution in [1.29, 1.82) is 5.41 Å². The zero-order valence-corrected chi connectivity index (χ0v) is 10.8. The molecule has 0 aromatic heterocycles. The Bertz CT molecular complexity index is 418. The Kier molecular flexibility index (Phi) is 7.27. The van der Waals surface area contributed by atoms with Crippen LogP contribution in [0.2, 0.25) is 0 Å². The minimum Gasteiger partial charge on any atom is -0.303 e. The van der Waals surface area contributed by atoms with Crippen LogP contribution in [0.15, 0.2) is 65.8 Å². The number of rotatable bonds is 6. The molecule has 0 radical (unpaired) electrons. The van der Waals surface area contributed by atoms with Gasteiger partial charge in [0, 0.05) is 7.05 Å². The van der Waals surface area contributed by atoms with Gasteiger partial charge in [-0.05, 0) is 31.1 Å². The molecule has 90 valence electrons. The van der Waals surface area contributed by atoms with E-state index in [0.29, 0.717) is 11.4 Å². The molecule has 2 nitrogen and oxygen atoms in total. The van der Waals surface area contributed by atoms with E-state index in [4.69, 9.17) is 5.41 Å².